The van der Waals surface area contributed by atoms with E-state index in [1.54, 1.807) is 0 Å². The molecule has 5 heavy (non-hydrogen) atoms. The van der Waals surface area contributed by atoms with Gasteiger partial charge in [-0.1, -0.05) is 0 Å². The van der Waals surface area contributed by atoms with Gasteiger partial charge in [0.2, 0.25) is 0 Å². The zero-order chi connectivity index (χ0) is 3.58. The average Bonchev–Trinajstić information content (AvgIpc) is 0.811. The summed E-state index contributed by atoms with van der Waals surface area (Å²) in [7, 11) is -2.62. The van der Waals surface area contributed by atoms with Crippen molar-refractivity contribution in [2.45, 2.75) is 0 Å². The molecule has 0 rings (SSSR count). The van der Waals surface area contributed by atoms with Crippen molar-refractivity contribution >= 4 is 35.9 Å². The van der Waals surface area contributed by atoms with E-state index in [9.17, 15) is 0 Å². The normalized spacial score (nSPS) is 7.20. The van der Waals surface area contributed by atoms with E-state index in [1.165, 1.54) is 0 Å². The third-order valence-electron chi connectivity index (χ3n) is 0. The van der Waals surface area contributed by atoms with Crippen LogP contribution >= 0.6 is 8.60 Å². The van der Waals surface area contributed by atoms with Gasteiger partial charge in [0, 0.05) is 0 Å². The van der Waals surface area contributed by atoms with Gasteiger partial charge in [0.05, 0.1) is 0 Å². The van der Waals surface area contributed by atoms with Crippen LogP contribution in [0.2, 0.25) is 0 Å². The molecule has 0 aromatic heterocycles. The molecule has 0 bridgehead atoms. The average molecular weight is 293 g/mol. The van der Waals surface area contributed by atoms with Crippen LogP contribution in [-0.2, 0) is 0 Å². The molecule has 3 nitrogen and oxygen atoms in total. The molecular weight excluding hydrogens is 286 g/mol. The van der Waals surface area contributed by atoms with E-state index in [4.69, 9.17) is 14.7 Å². The summed E-state index contributed by atoms with van der Waals surface area (Å²) >= 11 is 0. The maximum atomic E-state index is 7.23. The van der Waals surface area contributed by atoms with Gasteiger partial charge < -0.3 is 14.7 Å². The van der Waals surface area contributed by atoms with Crippen molar-refractivity contribution < 1.29 is 14.7 Å². The van der Waals surface area contributed by atoms with Crippen molar-refractivity contribution in [2.24, 2.45) is 0 Å². The first-order valence-corrected chi connectivity index (χ1v) is 1.80. The molecule has 0 spiro atoms. The van der Waals surface area contributed by atoms with Crippen LogP contribution in [0.3, 0.4) is 0 Å². The van der Waals surface area contributed by atoms with Crippen molar-refractivity contribution in [1.29, 1.82) is 0 Å². The molecule has 0 aromatic carbocycles. The first-order valence-electron chi connectivity index (χ1n) is 0.600. The monoisotopic (exact) mass is 294 g/mol. The molecule has 0 aliphatic carbocycles. The summed E-state index contributed by atoms with van der Waals surface area (Å²) in [6, 6.07) is 0. The molecule has 34 valence electrons. The second kappa shape index (κ2) is 5.23. The number of hydrogen-bond donors (Lipinski definition) is 3. The Morgan fingerprint density at radius 3 is 1.00 bits per heavy atom. The maximum absolute atomic E-state index is 7.23. The van der Waals surface area contributed by atoms with Crippen molar-refractivity contribution in [3.63, 3.8) is 0 Å². The molecule has 0 amide bonds. The van der Waals surface area contributed by atoms with Crippen molar-refractivity contribution in [3.8, 4) is 0 Å². The molecule has 0 saturated carbocycles. The molecule has 0 unspecified atom stereocenters. The Hall–Kier alpha value is 1.23. The van der Waals surface area contributed by atoms with Crippen molar-refractivity contribution in [2.75, 3.05) is 0 Å². The summed E-state index contributed by atoms with van der Waals surface area (Å²) in [6.07, 6.45) is 0. The Labute approximate surface area is 50.8 Å². The van der Waals surface area contributed by atoms with E-state index >= 15 is 0 Å². The van der Waals surface area contributed by atoms with E-state index in [0.29, 0.717) is 0 Å². The summed E-state index contributed by atoms with van der Waals surface area (Å²) in [6.45, 7) is 0. The zero-order valence-electron chi connectivity index (χ0n) is 1.79. The third-order valence-corrected chi connectivity index (χ3v) is 0. The van der Waals surface area contributed by atoms with Gasteiger partial charge in [0.25, 0.3) is 0 Å². The van der Waals surface area contributed by atoms with Crippen LogP contribution in [0.25, 0.3) is 0 Å². The summed E-state index contributed by atoms with van der Waals surface area (Å²) in [5.41, 5.74) is 0. The summed E-state index contributed by atoms with van der Waals surface area (Å²) in [5, 5.41) is 0. The van der Waals surface area contributed by atoms with E-state index in [1.807, 2.05) is 0 Å². The van der Waals surface area contributed by atoms with Gasteiger partial charge in [0.1, 0.15) is 0 Å². The molecule has 0 heterocycles. The van der Waals surface area contributed by atoms with E-state index in [2.05, 4.69) is 0 Å². The summed E-state index contributed by atoms with van der Waals surface area (Å²) in [5.74, 6) is 0. The van der Waals surface area contributed by atoms with Gasteiger partial charge in [-0.15, -0.1) is 0 Å². The number of rotatable bonds is 0. The molecule has 3 N–H and O–H groups in total. The predicted octanol–water partition coefficient (Wildman–Crippen LogP) is -2.26. The molecule has 0 atom stereocenters. The van der Waals surface area contributed by atoms with Gasteiger partial charge in [-0.3, -0.25) is 0 Å². The van der Waals surface area contributed by atoms with Gasteiger partial charge in [-0.05, 0) is 0 Å². The predicted molar refractivity (Wildman–Crippen MR) is 24.9 cm³/mol. The standard InChI is InChI=1S/H3O3P.Pb.4H/c1-4(2)3;;;;;/h1-3H;;;;;. The van der Waals surface area contributed by atoms with Crippen molar-refractivity contribution in [3.05, 3.63) is 0 Å². The zero-order valence-corrected chi connectivity index (χ0v) is 2.68. The first kappa shape index (κ1) is 9.53. The summed E-state index contributed by atoms with van der Waals surface area (Å²) in [4.78, 5) is 21.7. The molecule has 0 aliphatic heterocycles. The Morgan fingerprint density at radius 1 is 1.00 bits per heavy atom. The second-order valence-electron chi connectivity index (χ2n) is 0.268. The Balaban J connectivity index is 0. The fourth-order valence-corrected chi connectivity index (χ4v) is 0. The first-order chi connectivity index (χ1) is 1.73. The summed E-state index contributed by atoms with van der Waals surface area (Å²) < 4.78 is 0. The van der Waals surface area contributed by atoms with E-state index < -0.39 is 8.60 Å². The van der Waals surface area contributed by atoms with Crippen LogP contribution in [0.15, 0.2) is 0 Å². The molecule has 0 saturated heterocycles. The fraction of sp³-hybridized carbons (Fsp3) is 0. The van der Waals surface area contributed by atoms with Crippen LogP contribution in [0.5, 0.6) is 0 Å². The van der Waals surface area contributed by atoms with Crippen LogP contribution in [0.4, 0.5) is 0 Å². The minimum atomic E-state index is -2.62. The quantitative estimate of drug-likeness (QED) is 0.349. The molecule has 0 aliphatic rings. The topological polar surface area (TPSA) is 60.7 Å². The molecule has 0 radical (unpaired) electrons. The minimum absolute atomic E-state index is 0. The van der Waals surface area contributed by atoms with Crippen LogP contribution in [-0.4, -0.2) is 42.0 Å². The SMILES string of the molecule is OP(O)O.[PbH4]. The molecule has 0 fully saturated rings. The second-order valence-corrected chi connectivity index (χ2v) is 0.805. The Kier molecular flexibility index (Phi) is 9.97. The molecular formula is H7O3PPb. The fourth-order valence-electron chi connectivity index (χ4n) is 0. The Bertz CT molecular complexity index is 11.6. The van der Waals surface area contributed by atoms with Crippen LogP contribution < -0.4 is 0 Å². The third kappa shape index (κ3) is 36.0. The van der Waals surface area contributed by atoms with Crippen LogP contribution in [0, 0.1) is 0 Å². The van der Waals surface area contributed by atoms with E-state index in [0.717, 1.165) is 0 Å². The molecule has 5 heteroatoms. The van der Waals surface area contributed by atoms with Gasteiger partial charge >= 0.3 is 35.9 Å². The Morgan fingerprint density at radius 2 is 1.00 bits per heavy atom. The van der Waals surface area contributed by atoms with E-state index in [-0.39, 0.29) is 27.3 Å². The van der Waals surface area contributed by atoms with Gasteiger partial charge in [0.15, 0.2) is 0 Å². The van der Waals surface area contributed by atoms with Gasteiger partial charge in [-0.2, -0.15) is 0 Å². The molecule has 0 aromatic rings. The van der Waals surface area contributed by atoms with Crippen LogP contribution in [0.1, 0.15) is 0 Å². The van der Waals surface area contributed by atoms with Crippen molar-refractivity contribution in [1.82, 2.24) is 0 Å². The van der Waals surface area contributed by atoms with Gasteiger partial charge in [-0.25, -0.2) is 0 Å². The number of hydrogen-bond acceptors (Lipinski definition) is 3.